The molecule has 2 rings (SSSR count). The molecule has 0 unspecified atom stereocenters. The molecule has 0 saturated heterocycles. The third-order valence-corrected chi connectivity index (χ3v) is 3.60. The zero-order valence-electron chi connectivity index (χ0n) is 11.9. The molecule has 0 heterocycles. The summed E-state index contributed by atoms with van der Waals surface area (Å²) in [6.07, 6.45) is 2.39. The number of carbonyl (C=O) groups is 1. The van der Waals surface area contributed by atoms with Crippen LogP contribution in [0.3, 0.4) is 0 Å². The molecule has 0 aliphatic rings. The minimum absolute atomic E-state index is 0.221. The molecule has 22 heavy (non-hydrogen) atoms. The Labute approximate surface area is 139 Å². The Kier molecular flexibility index (Phi) is 5.61. The summed E-state index contributed by atoms with van der Waals surface area (Å²) in [7, 11) is 0. The van der Waals surface area contributed by atoms with E-state index in [9.17, 15) is 9.90 Å². The summed E-state index contributed by atoms with van der Waals surface area (Å²) >= 11 is 11.8. The quantitative estimate of drug-likeness (QED) is 0.606. The van der Waals surface area contributed by atoms with Crippen LogP contribution in [-0.2, 0) is 0 Å². The molecule has 0 spiro atoms. The summed E-state index contributed by atoms with van der Waals surface area (Å²) in [4.78, 5) is 12.0. The predicted octanol–water partition coefficient (Wildman–Crippen LogP) is 4.86. The molecule has 0 saturated carbocycles. The first kappa shape index (κ1) is 16.6. The zero-order chi connectivity index (χ0) is 16.1. The first-order valence-corrected chi connectivity index (χ1v) is 7.43. The molecule has 0 aliphatic carbocycles. The summed E-state index contributed by atoms with van der Waals surface area (Å²) in [5.74, 6) is -0.221. The number of anilines is 1. The van der Waals surface area contributed by atoms with Gasteiger partial charge in [0.25, 0.3) is 0 Å². The molecular weight excluding hydrogens is 321 g/mol. The van der Waals surface area contributed by atoms with Gasteiger partial charge in [-0.1, -0.05) is 35.3 Å². The van der Waals surface area contributed by atoms with Crippen molar-refractivity contribution in [3.63, 3.8) is 0 Å². The summed E-state index contributed by atoms with van der Waals surface area (Å²) in [6.45, 7) is 1.70. The van der Waals surface area contributed by atoms with Crippen molar-refractivity contribution in [3.05, 3.63) is 75.9 Å². The molecule has 2 N–H and O–H groups in total. The lowest BCUT2D eigenvalue weighted by molar-refractivity contribution is 0.104. The van der Waals surface area contributed by atoms with E-state index in [1.165, 1.54) is 18.3 Å². The smallest absolute Gasteiger partial charge is 0.188 e. The van der Waals surface area contributed by atoms with Crippen LogP contribution >= 0.6 is 23.2 Å². The summed E-state index contributed by atoms with van der Waals surface area (Å²) in [5, 5.41) is 13.3. The zero-order valence-corrected chi connectivity index (χ0v) is 13.4. The van der Waals surface area contributed by atoms with Crippen LogP contribution in [0.25, 0.3) is 0 Å². The predicted molar refractivity (Wildman–Crippen MR) is 90.6 cm³/mol. The number of aliphatic hydroxyl groups is 1. The fourth-order valence-electron chi connectivity index (χ4n) is 1.88. The number of carbonyl (C=O) groups excluding carboxylic acids is 1. The van der Waals surface area contributed by atoms with Crippen LogP contribution < -0.4 is 5.32 Å². The number of halogens is 2. The highest BCUT2D eigenvalue weighted by Crippen LogP contribution is 2.22. The van der Waals surface area contributed by atoms with Crippen LogP contribution in [-0.4, -0.2) is 10.9 Å². The van der Waals surface area contributed by atoms with Crippen molar-refractivity contribution in [1.29, 1.82) is 0 Å². The number of rotatable bonds is 5. The molecule has 5 heteroatoms. The molecule has 0 fully saturated rings. The minimum atomic E-state index is -0.541. The minimum Gasteiger partial charge on any atom is -0.389 e. The van der Waals surface area contributed by atoms with Crippen molar-refractivity contribution in [2.75, 3.05) is 5.32 Å². The van der Waals surface area contributed by atoms with Crippen molar-refractivity contribution in [1.82, 2.24) is 0 Å². The average Bonchev–Trinajstić information content (AvgIpc) is 2.47. The normalized spacial score (nSPS) is 12.4. The second-order valence-electron chi connectivity index (χ2n) is 4.77. The topological polar surface area (TPSA) is 49.3 Å². The van der Waals surface area contributed by atoms with E-state index in [1.807, 2.05) is 24.3 Å². The van der Waals surface area contributed by atoms with Crippen molar-refractivity contribution in [2.45, 2.75) is 13.0 Å². The van der Waals surface area contributed by atoms with Gasteiger partial charge in [-0.3, -0.25) is 4.79 Å². The maximum Gasteiger partial charge on any atom is 0.188 e. The van der Waals surface area contributed by atoms with E-state index in [-0.39, 0.29) is 5.78 Å². The van der Waals surface area contributed by atoms with E-state index in [2.05, 4.69) is 5.32 Å². The molecule has 0 radical (unpaired) electrons. The fourth-order valence-corrected chi connectivity index (χ4v) is 2.38. The van der Waals surface area contributed by atoms with Crippen molar-refractivity contribution >= 4 is 34.7 Å². The van der Waals surface area contributed by atoms with Gasteiger partial charge in [0.05, 0.1) is 11.1 Å². The lowest BCUT2D eigenvalue weighted by Crippen LogP contribution is -1.98. The summed E-state index contributed by atoms with van der Waals surface area (Å²) in [5.41, 5.74) is 1.97. The van der Waals surface area contributed by atoms with Gasteiger partial charge >= 0.3 is 0 Å². The highest BCUT2D eigenvalue weighted by Gasteiger charge is 2.07. The van der Waals surface area contributed by atoms with Gasteiger partial charge in [0, 0.05) is 28.5 Å². The molecular formula is C17H15Cl2NO2. The Morgan fingerprint density at radius 1 is 1.23 bits per heavy atom. The Bertz CT molecular complexity index is 712. The van der Waals surface area contributed by atoms with Gasteiger partial charge in [-0.25, -0.2) is 0 Å². The maximum absolute atomic E-state index is 12.0. The van der Waals surface area contributed by atoms with Crippen molar-refractivity contribution in [3.8, 4) is 0 Å². The molecule has 0 amide bonds. The number of allylic oxidation sites excluding steroid dienone is 1. The monoisotopic (exact) mass is 335 g/mol. The third-order valence-electron chi connectivity index (χ3n) is 3.05. The Balaban J connectivity index is 2.06. The van der Waals surface area contributed by atoms with Crippen LogP contribution in [0, 0.1) is 0 Å². The molecule has 3 nitrogen and oxygen atoms in total. The van der Waals surface area contributed by atoms with Gasteiger partial charge in [-0.15, -0.1) is 0 Å². The number of hydrogen-bond acceptors (Lipinski definition) is 3. The number of benzene rings is 2. The van der Waals surface area contributed by atoms with E-state index in [1.54, 1.807) is 19.1 Å². The Morgan fingerprint density at radius 2 is 2.00 bits per heavy atom. The average molecular weight is 336 g/mol. The van der Waals surface area contributed by atoms with Crippen LogP contribution in [0.15, 0.2) is 54.7 Å². The first-order valence-electron chi connectivity index (χ1n) is 6.68. The second-order valence-corrected chi connectivity index (χ2v) is 5.61. The summed E-state index contributed by atoms with van der Waals surface area (Å²) < 4.78 is 0. The van der Waals surface area contributed by atoms with Crippen LogP contribution in [0.5, 0.6) is 0 Å². The fraction of sp³-hybridized carbons (Fsp3) is 0.118. The maximum atomic E-state index is 12.0. The molecule has 0 aromatic heterocycles. The first-order chi connectivity index (χ1) is 10.5. The largest absolute Gasteiger partial charge is 0.389 e. The number of hydrogen-bond donors (Lipinski definition) is 2. The van der Waals surface area contributed by atoms with Gasteiger partial charge < -0.3 is 10.4 Å². The van der Waals surface area contributed by atoms with Gasteiger partial charge in [-0.05, 0) is 42.8 Å². The van der Waals surface area contributed by atoms with Crippen LogP contribution in [0.1, 0.15) is 28.9 Å². The standard InChI is InChI=1S/C17H15Cl2NO2/c1-11(21)12-3-2-4-14(9-12)20-8-7-17(22)15-6-5-13(18)10-16(15)19/h2-11,20-21H,1H3/b8-7+/t11-/m0/s1. The lowest BCUT2D eigenvalue weighted by atomic mass is 10.1. The van der Waals surface area contributed by atoms with E-state index < -0.39 is 6.10 Å². The lowest BCUT2D eigenvalue weighted by Gasteiger charge is -2.07. The Hall–Kier alpha value is -1.81. The molecule has 0 aliphatic heterocycles. The molecule has 1 atom stereocenters. The van der Waals surface area contributed by atoms with Crippen molar-refractivity contribution < 1.29 is 9.90 Å². The molecule has 2 aromatic carbocycles. The second kappa shape index (κ2) is 7.45. The number of ketones is 1. The van der Waals surface area contributed by atoms with Gasteiger partial charge in [-0.2, -0.15) is 0 Å². The highest BCUT2D eigenvalue weighted by atomic mass is 35.5. The molecule has 0 bridgehead atoms. The van der Waals surface area contributed by atoms with Crippen LogP contribution in [0.2, 0.25) is 10.0 Å². The SMILES string of the molecule is C[C@H](O)c1cccc(N/C=C/C(=O)c2ccc(Cl)cc2Cl)c1. The Morgan fingerprint density at radius 3 is 2.68 bits per heavy atom. The van der Waals surface area contributed by atoms with Crippen LogP contribution in [0.4, 0.5) is 5.69 Å². The van der Waals surface area contributed by atoms with Crippen molar-refractivity contribution in [2.24, 2.45) is 0 Å². The van der Waals surface area contributed by atoms with Gasteiger partial charge in [0.1, 0.15) is 0 Å². The molecule has 2 aromatic rings. The van der Waals surface area contributed by atoms with E-state index >= 15 is 0 Å². The van der Waals surface area contributed by atoms with E-state index in [4.69, 9.17) is 23.2 Å². The summed E-state index contributed by atoms with van der Waals surface area (Å²) in [6, 6.07) is 12.1. The molecule has 114 valence electrons. The number of nitrogens with one attached hydrogen (secondary N) is 1. The van der Waals surface area contributed by atoms with Gasteiger partial charge in [0.15, 0.2) is 5.78 Å². The third kappa shape index (κ3) is 4.34. The van der Waals surface area contributed by atoms with E-state index in [0.29, 0.717) is 15.6 Å². The highest BCUT2D eigenvalue weighted by molar-refractivity contribution is 6.37. The van der Waals surface area contributed by atoms with Gasteiger partial charge in [0.2, 0.25) is 0 Å². The number of aliphatic hydroxyl groups excluding tert-OH is 1. The van der Waals surface area contributed by atoms with E-state index in [0.717, 1.165) is 11.3 Å².